The minimum atomic E-state index is -4.80. The summed E-state index contributed by atoms with van der Waals surface area (Å²) in [5.74, 6) is 0. The summed E-state index contributed by atoms with van der Waals surface area (Å²) in [6.45, 7) is -1.01. The fourth-order valence-corrected chi connectivity index (χ4v) is 2.85. The number of phosphoric acid groups is 1. The molecule has 7 N–H and O–H groups in total. The molecule has 0 aromatic carbocycles. The molecule has 1 fully saturated rings. The number of aliphatic hydroxyl groups excluding tert-OH is 6. The molecule has 6 atom stereocenters. The normalized spacial score (nSPS) is 40.2. The highest BCUT2D eigenvalue weighted by molar-refractivity contribution is 7.47. The van der Waals surface area contributed by atoms with Gasteiger partial charge in [-0.05, 0) is 0 Å². The monoisotopic (exact) mass is 348 g/mol. The largest absolute Gasteiger partial charge is 0.472 e. The third kappa shape index (κ3) is 4.66. The fourth-order valence-electron chi connectivity index (χ4n) is 1.88. The van der Waals surface area contributed by atoms with Crippen LogP contribution in [0.5, 0.6) is 0 Å². The van der Waals surface area contributed by atoms with Gasteiger partial charge in [-0.25, -0.2) is 4.57 Å². The summed E-state index contributed by atoms with van der Waals surface area (Å²) in [5.41, 5.74) is 0. The molecule has 0 aromatic rings. The first-order chi connectivity index (χ1) is 10.1. The average molecular weight is 348 g/mol. The summed E-state index contributed by atoms with van der Waals surface area (Å²) in [5, 5.41) is 56.5. The highest BCUT2D eigenvalue weighted by Gasteiger charge is 2.51. The highest BCUT2D eigenvalue weighted by atomic mass is 31.2. The van der Waals surface area contributed by atoms with Gasteiger partial charge >= 0.3 is 7.82 Å². The molecule has 132 valence electrons. The number of phosphoric ester groups is 1. The van der Waals surface area contributed by atoms with Crippen LogP contribution in [0, 0.1) is 0 Å². The van der Waals surface area contributed by atoms with Crippen LogP contribution >= 0.6 is 7.82 Å². The molecule has 0 aliphatic heterocycles. The Bertz CT molecular complexity index is 373. The molecule has 0 radical (unpaired) electrons. The quantitative estimate of drug-likeness (QED) is 0.225. The van der Waals surface area contributed by atoms with E-state index >= 15 is 0 Å². The van der Waals surface area contributed by atoms with Crippen LogP contribution in [0.3, 0.4) is 0 Å². The van der Waals surface area contributed by atoms with Gasteiger partial charge in [-0.15, -0.1) is 0 Å². The second-order valence-electron chi connectivity index (χ2n) is 4.83. The lowest BCUT2D eigenvalue weighted by Gasteiger charge is -2.41. The van der Waals surface area contributed by atoms with Crippen LogP contribution in [0.15, 0.2) is 0 Å². The van der Waals surface area contributed by atoms with Gasteiger partial charge in [0.25, 0.3) is 0 Å². The minimum Gasteiger partial charge on any atom is -0.394 e. The van der Waals surface area contributed by atoms with Crippen molar-refractivity contribution in [2.24, 2.45) is 0 Å². The zero-order valence-corrected chi connectivity index (χ0v) is 12.6. The first-order valence-corrected chi connectivity index (χ1v) is 7.84. The van der Waals surface area contributed by atoms with Crippen molar-refractivity contribution in [1.29, 1.82) is 0 Å². The van der Waals surface area contributed by atoms with Gasteiger partial charge in [0.2, 0.25) is 0 Å². The molecule has 1 saturated carbocycles. The molecular weight excluding hydrogens is 327 g/mol. The van der Waals surface area contributed by atoms with Gasteiger partial charge < -0.3 is 40.3 Å². The number of hydrogen-bond acceptors (Lipinski definition) is 10. The molecule has 12 heteroatoms. The van der Waals surface area contributed by atoms with E-state index in [4.69, 9.17) is 9.84 Å². The summed E-state index contributed by atoms with van der Waals surface area (Å²) in [4.78, 5) is 9.51. The topological polar surface area (TPSA) is 186 Å². The lowest BCUT2D eigenvalue weighted by Crippen LogP contribution is -2.64. The van der Waals surface area contributed by atoms with Crippen molar-refractivity contribution in [2.45, 2.75) is 42.7 Å². The summed E-state index contributed by atoms with van der Waals surface area (Å²) in [6.07, 6.45) is -12.3. The third-order valence-corrected chi connectivity index (χ3v) is 4.27. The Labute approximate surface area is 125 Å². The molecule has 0 aromatic heterocycles. The van der Waals surface area contributed by atoms with Crippen LogP contribution in [-0.2, 0) is 18.3 Å². The van der Waals surface area contributed by atoms with E-state index in [1.807, 2.05) is 0 Å². The van der Waals surface area contributed by atoms with Gasteiger partial charge in [0.05, 0.1) is 13.2 Å². The van der Waals surface area contributed by atoms with Crippen LogP contribution in [0.25, 0.3) is 0 Å². The van der Waals surface area contributed by atoms with Crippen molar-refractivity contribution in [1.82, 2.24) is 0 Å². The second kappa shape index (κ2) is 8.08. The molecule has 0 saturated heterocycles. The second-order valence-corrected chi connectivity index (χ2v) is 6.23. The molecule has 1 rings (SSSR count). The Balaban J connectivity index is 2.72. The number of rotatable bonds is 7. The van der Waals surface area contributed by atoms with E-state index in [0.717, 1.165) is 0 Å². The molecular formula is C10H21O11P. The predicted octanol–water partition coefficient (Wildman–Crippen LogP) is -3.69. The van der Waals surface area contributed by atoms with Gasteiger partial charge in [0, 0.05) is 7.11 Å². The van der Waals surface area contributed by atoms with E-state index in [9.17, 15) is 35.0 Å². The highest BCUT2D eigenvalue weighted by Crippen LogP contribution is 2.47. The maximum Gasteiger partial charge on any atom is 0.472 e. The molecule has 0 bridgehead atoms. The maximum atomic E-state index is 11.7. The summed E-state index contributed by atoms with van der Waals surface area (Å²) >= 11 is 0. The molecule has 11 nitrogen and oxygen atoms in total. The average Bonchev–Trinajstić information content (AvgIpc) is 2.48. The van der Waals surface area contributed by atoms with E-state index < -0.39 is 63.8 Å². The molecule has 2 unspecified atom stereocenters. The van der Waals surface area contributed by atoms with Gasteiger partial charge in [0.15, 0.2) is 0 Å². The Hall–Kier alpha value is -0.170. The van der Waals surface area contributed by atoms with E-state index in [1.54, 1.807) is 0 Å². The van der Waals surface area contributed by atoms with Crippen molar-refractivity contribution in [2.75, 3.05) is 20.3 Å². The first kappa shape index (κ1) is 19.9. The van der Waals surface area contributed by atoms with E-state index in [1.165, 1.54) is 7.11 Å². The number of methoxy groups -OCH3 is 1. The minimum absolute atomic E-state index is 0.491. The first-order valence-electron chi connectivity index (χ1n) is 6.34. The number of hydrogen-bond donors (Lipinski definition) is 7. The van der Waals surface area contributed by atoms with Crippen LogP contribution in [0.1, 0.15) is 0 Å². The van der Waals surface area contributed by atoms with E-state index in [2.05, 4.69) is 9.05 Å². The lowest BCUT2D eigenvalue weighted by atomic mass is 9.85. The third-order valence-electron chi connectivity index (χ3n) is 3.29. The zero-order valence-electron chi connectivity index (χ0n) is 11.7. The summed E-state index contributed by atoms with van der Waals surface area (Å²) < 4.78 is 25.5. The van der Waals surface area contributed by atoms with E-state index in [-0.39, 0.29) is 0 Å². The molecule has 0 spiro atoms. The van der Waals surface area contributed by atoms with Crippen molar-refractivity contribution >= 4 is 7.82 Å². The van der Waals surface area contributed by atoms with Crippen LogP contribution in [0.4, 0.5) is 0 Å². The smallest absolute Gasteiger partial charge is 0.394 e. The van der Waals surface area contributed by atoms with Crippen molar-refractivity contribution in [3.63, 3.8) is 0 Å². The molecule has 1 aliphatic rings. The van der Waals surface area contributed by atoms with Crippen molar-refractivity contribution in [3.05, 3.63) is 0 Å². The van der Waals surface area contributed by atoms with Crippen LogP contribution in [0.2, 0.25) is 0 Å². The van der Waals surface area contributed by atoms with Crippen molar-refractivity contribution < 1.29 is 53.9 Å². The Kier molecular flexibility index (Phi) is 7.30. The summed E-state index contributed by atoms with van der Waals surface area (Å²) in [7, 11) is -3.57. The number of aliphatic hydroxyl groups is 6. The van der Waals surface area contributed by atoms with Gasteiger partial charge in [-0.1, -0.05) is 0 Å². The van der Waals surface area contributed by atoms with Crippen molar-refractivity contribution in [3.8, 4) is 0 Å². The Morgan fingerprint density at radius 1 is 1.00 bits per heavy atom. The number of ether oxygens (including phenoxy) is 1. The Morgan fingerprint density at radius 3 is 1.86 bits per heavy atom. The standard InChI is InChI=1S/C10H21O11P/c1-19-4(2-11)3-20-22(17,18)21-10-8(15)6(13)5(12)7(14)9(10)16/h4-16H,2-3H2,1H3,(H,17,18)/t4?,5-,6-,7-,8-,9-,10+/m0/s1. The molecule has 0 heterocycles. The molecule has 0 amide bonds. The SMILES string of the molecule is COC(CO)COP(=O)(O)O[C@H]1[C@@H](O)[C@@H](O)[C@@H](O)[C@H](O)[C@@H]1O. The Morgan fingerprint density at radius 2 is 1.45 bits per heavy atom. The van der Waals surface area contributed by atoms with Crippen LogP contribution < -0.4 is 0 Å². The van der Waals surface area contributed by atoms with Gasteiger partial charge in [-0.2, -0.15) is 0 Å². The lowest BCUT2D eigenvalue weighted by molar-refractivity contribution is -0.220. The molecule has 22 heavy (non-hydrogen) atoms. The predicted molar refractivity (Wildman–Crippen MR) is 68.6 cm³/mol. The van der Waals surface area contributed by atoms with Gasteiger partial charge in [-0.3, -0.25) is 9.05 Å². The zero-order chi connectivity index (χ0) is 17.1. The molecule has 1 aliphatic carbocycles. The maximum absolute atomic E-state index is 11.7. The summed E-state index contributed by atoms with van der Waals surface area (Å²) in [6, 6.07) is 0. The van der Waals surface area contributed by atoms with E-state index in [0.29, 0.717) is 0 Å². The van der Waals surface area contributed by atoms with Gasteiger partial charge in [0.1, 0.15) is 42.7 Å². The fraction of sp³-hybridized carbons (Fsp3) is 1.00. The van der Waals surface area contributed by atoms with Crippen LogP contribution in [-0.4, -0.2) is 98.6 Å².